The summed E-state index contributed by atoms with van der Waals surface area (Å²) in [6.45, 7) is 2.26. The molecule has 1 atom stereocenters. The molecule has 1 aliphatic heterocycles. The van der Waals surface area contributed by atoms with Crippen LogP contribution in [0, 0.1) is 5.92 Å². The number of carbonyl (C=O) groups is 2. The topological polar surface area (TPSA) is 119 Å². The monoisotopic (exact) mass is 413 g/mol. The molecule has 0 saturated carbocycles. The van der Waals surface area contributed by atoms with Gasteiger partial charge in [0.25, 0.3) is 0 Å². The molecule has 1 saturated heterocycles. The number of ether oxygens (including phenoxy) is 2. The van der Waals surface area contributed by atoms with Crippen molar-refractivity contribution in [2.45, 2.75) is 25.8 Å². The van der Waals surface area contributed by atoms with E-state index in [2.05, 4.69) is 0 Å². The summed E-state index contributed by atoms with van der Waals surface area (Å²) in [7, 11) is -0.826. The van der Waals surface area contributed by atoms with Gasteiger partial charge in [0.05, 0.1) is 26.2 Å². The summed E-state index contributed by atoms with van der Waals surface area (Å²) in [5, 5.41) is 0. The zero-order chi connectivity index (χ0) is 21.1. The lowest BCUT2D eigenvalue weighted by Gasteiger charge is -2.36. The number of hydrogen-bond acceptors (Lipinski definition) is 6. The van der Waals surface area contributed by atoms with E-state index in [1.165, 1.54) is 20.3 Å². The van der Waals surface area contributed by atoms with E-state index >= 15 is 0 Å². The Hall–Kier alpha value is -2.49. The molecule has 0 radical (unpaired) electrons. The van der Waals surface area contributed by atoms with Gasteiger partial charge in [-0.2, -0.15) is 0 Å². The molecule has 2 N–H and O–H groups in total. The second-order valence-electron chi connectivity index (χ2n) is 6.78. The molecule has 1 aliphatic rings. The lowest BCUT2D eigenvalue weighted by Crippen LogP contribution is -2.52. The van der Waals surface area contributed by atoms with Crippen LogP contribution in [0.2, 0.25) is 0 Å². The van der Waals surface area contributed by atoms with Crippen LogP contribution in [-0.4, -0.2) is 64.7 Å². The van der Waals surface area contributed by atoms with Gasteiger partial charge in [-0.15, -0.1) is 0 Å². The van der Waals surface area contributed by atoms with Crippen LogP contribution in [0.15, 0.2) is 18.2 Å². The highest BCUT2D eigenvalue weighted by molar-refractivity contribution is 7.92. The number of anilines is 1. The first kappa shape index (κ1) is 21.8. The Labute approximate surface area is 165 Å². The number of methoxy groups -OCH3 is 2. The highest BCUT2D eigenvalue weighted by atomic mass is 32.2. The zero-order valence-electron chi connectivity index (χ0n) is 16.5. The van der Waals surface area contributed by atoms with Crippen molar-refractivity contribution in [1.29, 1.82) is 0 Å². The number of hydrogen-bond donors (Lipinski definition) is 1. The quantitative estimate of drug-likeness (QED) is 0.698. The molecule has 0 bridgehead atoms. The first-order valence-electron chi connectivity index (χ1n) is 8.89. The standard InChI is InChI=1S/C18H27N3O6S/c1-12(18(23)20-9-7-13(8-10-20)17(19)22)21(28(4,24)25)14-5-6-15(26-2)16(11-14)27-3/h5-6,11-13H,7-10H2,1-4H3,(H2,19,22). The summed E-state index contributed by atoms with van der Waals surface area (Å²) in [4.78, 5) is 25.8. The molecule has 1 aromatic carbocycles. The summed E-state index contributed by atoms with van der Waals surface area (Å²) in [6.07, 6.45) is 2.00. The molecule has 0 spiro atoms. The summed E-state index contributed by atoms with van der Waals surface area (Å²) >= 11 is 0. The smallest absolute Gasteiger partial charge is 0.246 e. The maximum Gasteiger partial charge on any atom is 0.246 e. The van der Waals surface area contributed by atoms with Gasteiger partial charge in [0.1, 0.15) is 6.04 Å². The number of nitrogens with two attached hydrogens (primary N) is 1. The second kappa shape index (κ2) is 8.68. The fraction of sp³-hybridized carbons (Fsp3) is 0.556. The average molecular weight is 413 g/mol. The number of carbonyl (C=O) groups excluding carboxylic acids is 2. The number of sulfonamides is 1. The molecule has 156 valence electrons. The van der Waals surface area contributed by atoms with Gasteiger partial charge < -0.3 is 20.1 Å². The minimum Gasteiger partial charge on any atom is -0.493 e. The summed E-state index contributed by atoms with van der Waals surface area (Å²) in [6, 6.07) is 3.70. The fourth-order valence-electron chi connectivity index (χ4n) is 3.41. The molecule has 9 nitrogen and oxygen atoms in total. The highest BCUT2D eigenvalue weighted by Crippen LogP contribution is 2.33. The van der Waals surface area contributed by atoms with Gasteiger partial charge in [-0.25, -0.2) is 8.42 Å². The van der Waals surface area contributed by atoms with E-state index in [0.29, 0.717) is 43.1 Å². The van der Waals surface area contributed by atoms with Crippen LogP contribution >= 0.6 is 0 Å². The van der Waals surface area contributed by atoms with Crippen LogP contribution in [0.5, 0.6) is 11.5 Å². The molecule has 0 aliphatic carbocycles. The van der Waals surface area contributed by atoms with Crippen LogP contribution in [0.3, 0.4) is 0 Å². The van der Waals surface area contributed by atoms with Crippen molar-refractivity contribution in [3.05, 3.63) is 18.2 Å². The molecule has 1 fully saturated rings. The largest absolute Gasteiger partial charge is 0.493 e. The number of amides is 2. The number of nitrogens with zero attached hydrogens (tertiary/aromatic N) is 2. The molecule has 28 heavy (non-hydrogen) atoms. The van der Waals surface area contributed by atoms with Crippen molar-refractivity contribution in [1.82, 2.24) is 4.90 Å². The Morgan fingerprint density at radius 2 is 1.75 bits per heavy atom. The Balaban J connectivity index is 2.29. The average Bonchev–Trinajstić information content (AvgIpc) is 2.66. The summed E-state index contributed by atoms with van der Waals surface area (Å²) < 4.78 is 36.5. The Morgan fingerprint density at radius 3 is 2.21 bits per heavy atom. The number of rotatable bonds is 7. The maximum atomic E-state index is 13.0. The van der Waals surface area contributed by atoms with Gasteiger partial charge >= 0.3 is 0 Å². The van der Waals surface area contributed by atoms with Gasteiger partial charge in [0.2, 0.25) is 21.8 Å². The molecule has 2 rings (SSSR count). The zero-order valence-corrected chi connectivity index (χ0v) is 17.4. The van der Waals surface area contributed by atoms with Crippen LogP contribution in [0.25, 0.3) is 0 Å². The third-order valence-electron chi connectivity index (χ3n) is 4.90. The Morgan fingerprint density at radius 1 is 1.18 bits per heavy atom. The third kappa shape index (κ3) is 4.67. The first-order chi connectivity index (χ1) is 13.1. The Bertz CT molecular complexity index is 834. The molecule has 10 heteroatoms. The number of benzene rings is 1. The van der Waals surface area contributed by atoms with Crippen LogP contribution in [-0.2, 0) is 19.6 Å². The van der Waals surface area contributed by atoms with E-state index in [1.807, 2.05) is 0 Å². The van der Waals surface area contributed by atoms with Gasteiger partial charge in [-0.05, 0) is 31.9 Å². The van der Waals surface area contributed by atoms with E-state index in [1.54, 1.807) is 24.0 Å². The molecular weight excluding hydrogens is 386 g/mol. The normalized spacial score (nSPS) is 16.4. The number of primary amides is 1. The highest BCUT2D eigenvalue weighted by Gasteiger charge is 2.34. The van der Waals surface area contributed by atoms with Crippen molar-refractivity contribution >= 4 is 27.5 Å². The summed E-state index contributed by atoms with van der Waals surface area (Å²) in [5.74, 6) is -0.148. The molecule has 2 amide bonds. The van der Waals surface area contributed by atoms with Crippen molar-refractivity contribution < 1.29 is 27.5 Å². The molecule has 0 aromatic heterocycles. The minimum absolute atomic E-state index is 0.254. The van der Waals surface area contributed by atoms with Crippen molar-refractivity contribution in [3.8, 4) is 11.5 Å². The van der Waals surface area contributed by atoms with Crippen LogP contribution in [0.4, 0.5) is 5.69 Å². The molecular formula is C18H27N3O6S. The van der Waals surface area contributed by atoms with Gasteiger partial charge in [0, 0.05) is 25.1 Å². The van der Waals surface area contributed by atoms with E-state index in [9.17, 15) is 18.0 Å². The fourth-order valence-corrected chi connectivity index (χ4v) is 4.57. The van der Waals surface area contributed by atoms with E-state index in [-0.39, 0.29) is 17.7 Å². The van der Waals surface area contributed by atoms with Gasteiger partial charge in [-0.1, -0.05) is 0 Å². The van der Waals surface area contributed by atoms with Gasteiger partial charge in [0.15, 0.2) is 11.5 Å². The lowest BCUT2D eigenvalue weighted by atomic mass is 9.96. The van der Waals surface area contributed by atoms with E-state index < -0.39 is 16.1 Å². The van der Waals surface area contributed by atoms with Crippen LogP contribution < -0.4 is 19.5 Å². The summed E-state index contributed by atoms with van der Waals surface area (Å²) in [5.41, 5.74) is 5.63. The predicted octanol–water partition coefficient (Wildman–Crippen LogP) is 0.582. The number of piperidine rings is 1. The SMILES string of the molecule is COc1ccc(N(C(C)C(=O)N2CCC(C(N)=O)CC2)S(C)(=O)=O)cc1OC. The Kier molecular flexibility index (Phi) is 6.76. The molecule has 1 heterocycles. The van der Waals surface area contributed by atoms with Crippen molar-refractivity contribution in [3.63, 3.8) is 0 Å². The van der Waals surface area contributed by atoms with E-state index in [0.717, 1.165) is 10.6 Å². The predicted molar refractivity (Wildman–Crippen MR) is 105 cm³/mol. The van der Waals surface area contributed by atoms with Crippen molar-refractivity contribution in [2.75, 3.05) is 37.9 Å². The maximum absolute atomic E-state index is 13.0. The van der Waals surface area contributed by atoms with E-state index in [4.69, 9.17) is 15.2 Å². The van der Waals surface area contributed by atoms with Gasteiger partial charge in [-0.3, -0.25) is 13.9 Å². The third-order valence-corrected chi connectivity index (χ3v) is 6.14. The van der Waals surface area contributed by atoms with Crippen LogP contribution in [0.1, 0.15) is 19.8 Å². The molecule has 1 unspecified atom stereocenters. The second-order valence-corrected chi connectivity index (χ2v) is 8.64. The van der Waals surface area contributed by atoms with Crippen molar-refractivity contribution in [2.24, 2.45) is 11.7 Å². The number of likely N-dealkylation sites (tertiary alicyclic amines) is 1. The first-order valence-corrected chi connectivity index (χ1v) is 10.7. The minimum atomic E-state index is -3.75. The lowest BCUT2D eigenvalue weighted by molar-refractivity contribution is -0.135. The molecule has 1 aromatic rings.